The van der Waals surface area contributed by atoms with Crippen LogP contribution in [-0.2, 0) is 9.53 Å². The van der Waals surface area contributed by atoms with Crippen LogP contribution in [0.4, 0.5) is 4.39 Å². The molecule has 3 N–H and O–H groups in total. The van der Waals surface area contributed by atoms with Crippen LogP contribution in [-0.4, -0.2) is 49.2 Å². The van der Waals surface area contributed by atoms with Crippen molar-refractivity contribution in [3.8, 4) is 0 Å². The minimum atomic E-state index is -1.40. The molecule has 182 valence electrons. The summed E-state index contributed by atoms with van der Waals surface area (Å²) in [5.74, 6) is 2.53. The smallest absolute Gasteiger partial charge is 0.276 e. The number of carbonyl (C=O) groups excluding carboxylic acids is 1. The van der Waals surface area contributed by atoms with Gasteiger partial charge < -0.3 is 20.5 Å². The lowest BCUT2D eigenvalue weighted by atomic mass is 9.67. The van der Waals surface area contributed by atoms with Crippen molar-refractivity contribution in [2.24, 2.45) is 29.6 Å². The predicted molar refractivity (Wildman–Crippen MR) is 123 cm³/mol. The van der Waals surface area contributed by atoms with E-state index in [1.54, 1.807) is 6.92 Å². The van der Waals surface area contributed by atoms with E-state index in [1.165, 1.54) is 25.7 Å². The van der Waals surface area contributed by atoms with Crippen molar-refractivity contribution in [3.05, 3.63) is 0 Å². The standard InChI is InChI=1S/C25H47FN2O3/c1-5-27-21(16-28-24(29)25(30)31-6-2)12-10-19-9-7-8-17(3)14-22(19)20-11-13-23(26)18(4)15-20/h17-23,25,27,30H,5-16H2,1-4H3,(H,28,29). The van der Waals surface area contributed by atoms with Crippen LogP contribution in [0.15, 0.2) is 0 Å². The van der Waals surface area contributed by atoms with Gasteiger partial charge in [-0.15, -0.1) is 0 Å². The van der Waals surface area contributed by atoms with Crippen LogP contribution >= 0.6 is 0 Å². The number of hydrogen-bond donors (Lipinski definition) is 3. The summed E-state index contributed by atoms with van der Waals surface area (Å²) in [5.41, 5.74) is 0. The highest BCUT2D eigenvalue weighted by Gasteiger charge is 2.37. The molecule has 0 aromatic carbocycles. The Morgan fingerprint density at radius 2 is 1.94 bits per heavy atom. The lowest BCUT2D eigenvalue weighted by molar-refractivity contribution is -0.157. The number of alkyl halides is 1. The number of aliphatic hydroxyl groups excluding tert-OH is 1. The molecule has 0 bridgehead atoms. The third-order valence-electron chi connectivity index (χ3n) is 7.71. The second kappa shape index (κ2) is 13.7. The second-order valence-electron chi connectivity index (χ2n) is 10.1. The number of aliphatic hydroxyl groups is 1. The zero-order valence-corrected chi connectivity index (χ0v) is 20.2. The molecule has 1 amide bonds. The topological polar surface area (TPSA) is 70.6 Å². The van der Waals surface area contributed by atoms with Crippen LogP contribution in [0.25, 0.3) is 0 Å². The van der Waals surface area contributed by atoms with Crippen LogP contribution in [0, 0.1) is 29.6 Å². The van der Waals surface area contributed by atoms with E-state index in [2.05, 4.69) is 31.4 Å². The molecular weight excluding hydrogens is 395 g/mol. The van der Waals surface area contributed by atoms with E-state index >= 15 is 0 Å². The van der Waals surface area contributed by atoms with Gasteiger partial charge in [0.15, 0.2) is 0 Å². The first kappa shape index (κ1) is 26.5. The Morgan fingerprint density at radius 3 is 2.61 bits per heavy atom. The van der Waals surface area contributed by atoms with E-state index in [0.717, 1.165) is 44.6 Å². The predicted octanol–water partition coefficient (Wildman–Crippen LogP) is 4.43. The summed E-state index contributed by atoms with van der Waals surface area (Å²) in [6.45, 7) is 9.95. The van der Waals surface area contributed by atoms with Crippen molar-refractivity contribution in [1.82, 2.24) is 10.6 Å². The molecular formula is C25H47FN2O3. The Morgan fingerprint density at radius 1 is 1.16 bits per heavy atom. The molecule has 8 unspecified atom stereocenters. The van der Waals surface area contributed by atoms with Crippen molar-refractivity contribution in [3.63, 3.8) is 0 Å². The lowest BCUT2D eigenvalue weighted by Gasteiger charge is -2.39. The highest BCUT2D eigenvalue weighted by Crippen LogP contribution is 2.45. The number of hydrogen-bond acceptors (Lipinski definition) is 4. The zero-order valence-electron chi connectivity index (χ0n) is 20.2. The number of halogens is 1. The average molecular weight is 443 g/mol. The minimum absolute atomic E-state index is 0.185. The highest BCUT2D eigenvalue weighted by atomic mass is 19.1. The number of amides is 1. The molecule has 0 aromatic rings. The van der Waals surface area contributed by atoms with Gasteiger partial charge in [0, 0.05) is 19.2 Å². The van der Waals surface area contributed by atoms with Crippen LogP contribution in [0.3, 0.4) is 0 Å². The SMILES string of the molecule is CCNC(CCC1CCCC(C)CC1C1CCC(F)C(C)C1)CNC(=O)C(O)OCC. The van der Waals surface area contributed by atoms with E-state index < -0.39 is 18.4 Å². The summed E-state index contributed by atoms with van der Waals surface area (Å²) in [6.07, 6.45) is 8.10. The Kier molecular flexibility index (Phi) is 11.8. The molecule has 0 aliphatic heterocycles. The van der Waals surface area contributed by atoms with Gasteiger partial charge >= 0.3 is 0 Å². The number of carbonyl (C=O) groups is 1. The monoisotopic (exact) mass is 442 g/mol. The first-order valence-electron chi connectivity index (χ1n) is 12.8. The van der Waals surface area contributed by atoms with Gasteiger partial charge in [-0.1, -0.05) is 40.0 Å². The molecule has 8 atom stereocenters. The van der Waals surface area contributed by atoms with Gasteiger partial charge in [0.05, 0.1) is 0 Å². The molecule has 0 heterocycles. The fourth-order valence-electron chi connectivity index (χ4n) is 5.97. The van der Waals surface area contributed by atoms with E-state index in [0.29, 0.717) is 30.9 Å². The maximum atomic E-state index is 14.1. The molecule has 0 radical (unpaired) electrons. The fraction of sp³-hybridized carbons (Fsp3) is 0.960. The summed E-state index contributed by atoms with van der Waals surface area (Å²) >= 11 is 0. The van der Waals surface area contributed by atoms with Crippen LogP contribution in [0.1, 0.15) is 85.5 Å². The number of nitrogens with one attached hydrogen (secondary N) is 2. The Bertz CT molecular complexity index is 521. The number of ether oxygens (including phenoxy) is 1. The molecule has 2 saturated carbocycles. The highest BCUT2D eigenvalue weighted by molar-refractivity contribution is 5.79. The summed E-state index contributed by atoms with van der Waals surface area (Å²) in [5, 5.41) is 16.0. The Labute approximate surface area is 189 Å². The van der Waals surface area contributed by atoms with Crippen molar-refractivity contribution < 1.29 is 19.0 Å². The first-order chi connectivity index (χ1) is 14.8. The van der Waals surface area contributed by atoms with Crippen molar-refractivity contribution in [2.75, 3.05) is 19.7 Å². The van der Waals surface area contributed by atoms with Crippen molar-refractivity contribution in [2.45, 2.75) is 104 Å². The van der Waals surface area contributed by atoms with Gasteiger partial charge in [0.1, 0.15) is 6.17 Å². The normalized spacial score (nSPS) is 34.0. The van der Waals surface area contributed by atoms with Gasteiger partial charge in [0.2, 0.25) is 6.29 Å². The van der Waals surface area contributed by atoms with Crippen molar-refractivity contribution in [1.29, 1.82) is 0 Å². The minimum Gasteiger partial charge on any atom is -0.361 e. The molecule has 0 spiro atoms. The van der Waals surface area contributed by atoms with E-state index in [4.69, 9.17) is 4.74 Å². The van der Waals surface area contributed by atoms with Gasteiger partial charge in [-0.05, 0) is 81.6 Å². The molecule has 5 nitrogen and oxygen atoms in total. The summed E-state index contributed by atoms with van der Waals surface area (Å²) < 4.78 is 19.1. The van der Waals surface area contributed by atoms with E-state index in [9.17, 15) is 14.3 Å². The quantitative estimate of drug-likeness (QED) is 0.327. The molecule has 6 heteroatoms. The van der Waals surface area contributed by atoms with Gasteiger partial charge in [-0.3, -0.25) is 4.79 Å². The second-order valence-corrected chi connectivity index (χ2v) is 10.1. The molecule has 2 fully saturated rings. The van der Waals surface area contributed by atoms with Crippen LogP contribution in [0.2, 0.25) is 0 Å². The summed E-state index contributed by atoms with van der Waals surface area (Å²) in [4.78, 5) is 12.0. The van der Waals surface area contributed by atoms with E-state index in [1.807, 2.05) is 0 Å². The van der Waals surface area contributed by atoms with Crippen LogP contribution in [0.5, 0.6) is 0 Å². The number of rotatable bonds is 11. The van der Waals surface area contributed by atoms with Gasteiger partial charge in [-0.25, -0.2) is 4.39 Å². The molecule has 2 rings (SSSR count). The summed E-state index contributed by atoms with van der Waals surface area (Å²) in [6, 6.07) is 0.185. The molecule has 31 heavy (non-hydrogen) atoms. The first-order valence-corrected chi connectivity index (χ1v) is 12.8. The number of likely N-dealkylation sites (N-methyl/N-ethyl adjacent to an activating group) is 1. The largest absolute Gasteiger partial charge is 0.361 e. The molecule has 0 saturated heterocycles. The molecule has 0 aromatic heterocycles. The third kappa shape index (κ3) is 8.62. The lowest BCUT2D eigenvalue weighted by Crippen LogP contribution is -2.45. The Balaban J connectivity index is 1.94. The fourth-order valence-corrected chi connectivity index (χ4v) is 5.97. The summed E-state index contributed by atoms with van der Waals surface area (Å²) in [7, 11) is 0. The van der Waals surface area contributed by atoms with Crippen molar-refractivity contribution >= 4 is 5.91 Å². The maximum Gasteiger partial charge on any atom is 0.276 e. The third-order valence-corrected chi connectivity index (χ3v) is 7.71. The van der Waals surface area contributed by atoms with Gasteiger partial charge in [-0.2, -0.15) is 0 Å². The van der Waals surface area contributed by atoms with Gasteiger partial charge in [0.25, 0.3) is 5.91 Å². The maximum absolute atomic E-state index is 14.1. The van der Waals surface area contributed by atoms with E-state index in [-0.39, 0.29) is 12.0 Å². The van der Waals surface area contributed by atoms with Crippen LogP contribution < -0.4 is 10.6 Å². The molecule has 2 aliphatic rings. The Hall–Kier alpha value is -0.720. The molecule has 2 aliphatic carbocycles. The zero-order chi connectivity index (χ0) is 22.8. The average Bonchev–Trinajstić information content (AvgIpc) is 2.93.